The second-order valence-electron chi connectivity index (χ2n) is 5.14. The first kappa shape index (κ1) is 14.1. The maximum Gasteiger partial charge on any atom is 0.308 e. The Morgan fingerprint density at radius 2 is 2.05 bits per heavy atom. The molecule has 104 valence electrons. The molecule has 1 aliphatic rings. The number of carbonyl (C=O) groups is 1. The van der Waals surface area contributed by atoms with Crippen molar-refractivity contribution in [2.45, 2.75) is 32.7 Å². The fraction of sp³-hybridized carbons (Fsp3) is 0.562. The third-order valence-corrected chi connectivity index (χ3v) is 3.69. The van der Waals surface area contributed by atoms with Gasteiger partial charge >= 0.3 is 5.97 Å². The highest BCUT2D eigenvalue weighted by Gasteiger charge is 2.23. The highest BCUT2D eigenvalue weighted by Crippen LogP contribution is 2.20. The van der Waals surface area contributed by atoms with Crippen LogP contribution in [0.3, 0.4) is 0 Å². The first-order valence-corrected chi connectivity index (χ1v) is 7.22. The number of carbonyl (C=O) groups excluding carboxylic acids is 1. The predicted molar refractivity (Wildman–Crippen MR) is 75.7 cm³/mol. The van der Waals surface area contributed by atoms with E-state index < -0.39 is 0 Å². The average molecular weight is 261 g/mol. The van der Waals surface area contributed by atoms with Crippen LogP contribution in [0.5, 0.6) is 0 Å². The molecule has 1 aromatic rings. The van der Waals surface area contributed by atoms with Gasteiger partial charge in [-0.1, -0.05) is 30.3 Å². The van der Waals surface area contributed by atoms with Gasteiger partial charge in [0.2, 0.25) is 0 Å². The van der Waals surface area contributed by atoms with E-state index in [0.717, 1.165) is 38.9 Å². The van der Waals surface area contributed by atoms with E-state index in [2.05, 4.69) is 29.2 Å². The lowest BCUT2D eigenvalue weighted by molar-refractivity contribution is -0.148. The van der Waals surface area contributed by atoms with Crippen molar-refractivity contribution in [1.29, 1.82) is 0 Å². The van der Waals surface area contributed by atoms with Gasteiger partial charge in [0, 0.05) is 6.54 Å². The molecule has 1 saturated heterocycles. The summed E-state index contributed by atoms with van der Waals surface area (Å²) in [7, 11) is 0. The molecule has 0 aromatic heterocycles. The number of benzene rings is 1. The number of esters is 1. The van der Waals surface area contributed by atoms with Crippen molar-refractivity contribution in [1.82, 2.24) is 4.90 Å². The molecule has 1 atom stereocenters. The minimum absolute atomic E-state index is 0.0101. The summed E-state index contributed by atoms with van der Waals surface area (Å²) < 4.78 is 5.13. The van der Waals surface area contributed by atoms with Crippen molar-refractivity contribution >= 4 is 5.97 Å². The van der Waals surface area contributed by atoms with Gasteiger partial charge in [-0.3, -0.25) is 9.69 Å². The lowest BCUT2D eigenvalue weighted by atomic mass is 10.0. The monoisotopic (exact) mass is 261 g/mol. The maximum absolute atomic E-state index is 11.8. The van der Waals surface area contributed by atoms with Gasteiger partial charge in [-0.2, -0.15) is 0 Å². The van der Waals surface area contributed by atoms with Crippen LogP contribution < -0.4 is 0 Å². The summed E-state index contributed by atoms with van der Waals surface area (Å²) >= 11 is 0. The number of rotatable bonds is 4. The Kier molecular flexibility index (Phi) is 5.40. The Labute approximate surface area is 115 Å². The Hall–Kier alpha value is -1.35. The van der Waals surface area contributed by atoms with Crippen molar-refractivity contribution < 1.29 is 9.53 Å². The third-order valence-electron chi connectivity index (χ3n) is 3.69. The smallest absolute Gasteiger partial charge is 0.308 e. The summed E-state index contributed by atoms with van der Waals surface area (Å²) in [6.45, 7) is 5.40. The molecule has 3 nitrogen and oxygen atoms in total. The average Bonchev–Trinajstić information content (AvgIpc) is 2.66. The van der Waals surface area contributed by atoms with E-state index in [4.69, 9.17) is 4.74 Å². The van der Waals surface area contributed by atoms with Gasteiger partial charge in [0.05, 0.1) is 12.5 Å². The molecule has 1 aromatic carbocycles. The summed E-state index contributed by atoms with van der Waals surface area (Å²) in [5, 5.41) is 0. The van der Waals surface area contributed by atoms with Crippen LogP contribution >= 0.6 is 0 Å². The quantitative estimate of drug-likeness (QED) is 0.781. The lowest BCUT2D eigenvalue weighted by Crippen LogP contribution is -2.25. The molecule has 2 rings (SSSR count). The van der Waals surface area contributed by atoms with Gasteiger partial charge in [0.25, 0.3) is 0 Å². The first-order chi connectivity index (χ1) is 9.29. The lowest BCUT2D eigenvalue weighted by Gasteiger charge is -2.20. The minimum Gasteiger partial charge on any atom is -0.466 e. The number of hydrogen-bond acceptors (Lipinski definition) is 3. The van der Waals surface area contributed by atoms with E-state index >= 15 is 0 Å². The van der Waals surface area contributed by atoms with Crippen LogP contribution in [0.4, 0.5) is 0 Å². The largest absolute Gasteiger partial charge is 0.466 e. The minimum atomic E-state index is -0.0101. The molecule has 0 spiro atoms. The Balaban J connectivity index is 1.85. The van der Waals surface area contributed by atoms with Gasteiger partial charge in [-0.25, -0.2) is 0 Å². The van der Waals surface area contributed by atoms with Crippen LogP contribution in [0.15, 0.2) is 30.3 Å². The molecule has 0 bridgehead atoms. The first-order valence-electron chi connectivity index (χ1n) is 7.22. The van der Waals surface area contributed by atoms with Crippen molar-refractivity contribution in [2.24, 2.45) is 5.92 Å². The standard InChI is InChI=1S/C16H23NO2/c1-2-19-16(18)15-9-6-11-17(12-10-15)13-14-7-4-3-5-8-14/h3-5,7-8,15H,2,6,9-13H2,1H3/t15-/m0/s1. The number of nitrogens with zero attached hydrogens (tertiary/aromatic N) is 1. The molecule has 3 heteroatoms. The van der Waals surface area contributed by atoms with Crippen LogP contribution in [0.25, 0.3) is 0 Å². The SMILES string of the molecule is CCOC(=O)[C@H]1CCCN(Cc2ccccc2)CC1. The number of hydrogen-bond donors (Lipinski definition) is 0. The van der Waals surface area contributed by atoms with Gasteiger partial charge in [-0.05, 0) is 44.8 Å². The second kappa shape index (κ2) is 7.29. The number of ether oxygens (including phenoxy) is 1. The van der Waals surface area contributed by atoms with E-state index in [1.165, 1.54) is 5.56 Å². The van der Waals surface area contributed by atoms with Crippen molar-refractivity contribution in [3.8, 4) is 0 Å². The molecule has 1 fully saturated rings. The Morgan fingerprint density at radius 1 is 1.26 bits per heavy atom. The third kappa shape index (κ3) is 4.35. The molecule has 0 unspecified atom stereocenters. The van der Waals surface area contributed by atoms with Crippen LogP contribution in [-0.4, -0.2) is 30.6 Å². The van der Waals surface area contributed by atoms with Gasteiger partial charge < -0.3 is 4.74 Å². The molecule has 0 aliphatic carbocycles. The normalized spacial score (nSPS) is 20.8. The zero-order chi connectivity index (χ0) is 13.5. The molecule has 0 radical (unpaired) electrons. The molecule has 1 aliphatic heterocycles. The van der Waals surface area contributed by atoms with E-state index in [1.54, 1.807) is 0 Å². The topological polar surface area (TPSA) is 29.5 Å². The molecular weight excluding hydrogens is 238 g/mol. The molecule has 0 amide bonds. The summed E-state index contributed by atoms with van der Waals surface area (Å²) in [5.41, 5.74) is 1.34. The zero-order valence-electron chi connectivity index (χ0n) is 11.7. The fourth-order valence-electron chi connectivity index (χ4n) is 2.65. The summed E-state index contributed by atoms with van der Waals surface area (Å²) in [6, 6.07) is 10.5. The van der Waals surface area contributed by atoms with E-state index in [0.29, 0.717) is 6.61 Å². The fourth-order valence-corrected chi connectivity index (χ4v) is 2.65. The summed E-state index contributed by atoms with van der Waals surface area (Å²) in [6.07, 6.45) is 2.96. The molecule has 19 heavy (non-hydrogen) atoms. The second-order valence-corrected chi connectivity index (χ2v) is 5.14. The summed E-state index contributed by atoms with van der Waals surface area (Å²) in [5.74, 6) is 0.0878. The van der Waals surface area contributed by atoms with E-state index in [-0.39, 0.29) is 11.9 Å². The van der Waals surface area contributed by atoms with Gasteiger partial charge in [0.15, 0.2) is 0 Å². The van der Waals surface area contributed by atoms with Crippen molar-refractivity contribution in [3.05, 3.63) is 35.9 Å². The van der Waals surface area contributed by atoms with Gasteiger partial charge in [-0.15, -0.1) is 0 Å². The van der Waals surface area contributed by atoms with Crippen LogP contribution in [0.1, 0.15) is 31.7 Å². The van der Waals surface area contributed by atoms with Crippen molar-refractivity contribution in [2.75, 3.05) is 19.7 Å². The Morgan fingerprint density at radius 3 is 2.79 bits per heavy atom. The molecule has 1 heterocycles. The van der Waals surface area contributed by atoms with E-state index in [9.17, 15) is 4.79 Å². The number of likely N-dealkylation sites (tertiary alicyclic amines) is 1. The van der Waals surface area contributed by atoms with Crippen LogP contribution in [0.2, 0.25) is 0 Å². The zero-order valence-corrected chi connectivity index (χ0v) is 11.7. The van der Waals surface area contributed by atoms with Gasteiger partial charge in [0.1, 0.15) is 0 Å². The summed E-state index contributed by atoms with van der Waals surface area (Å²) in [4.78, 5) is 14.2. The highest BCUT2D eigenvalue weighted by atomic mass is 16.5. The van der Waals surface area contributed by atoms with E-state index in [1.807, 2.05) is 13.0 Å². The van der Waals surface area contributed by atoms with Crippen LogP contribution in [0, 0.1) is 5.92 Å². The molecular formula is C16H23NO2. The van der Waals surface area contributed by atoms with Crippen molar-refractivity contribution in [3.63, 3.8) is 0 Å². The molecule has 0 N–H and O–H groups in total. The molecule has 0 saturated carbocycles. The highest BCUT2D eigenvalue weighted by molar-refractivity contribution is 5.72. The Bertz CT molecular complexity index is 391. The predicted octanol–water partition coefficient (Wildman–Crippen LogP) is 2.85. The maximum atomic E-state index is 11.8. The van der Waals surface area contributed by atoms with Crippen LogP contribution in [-0.2, 0) is 16.1 Å².